The first-order chi connectivity index (χ1) is 8.87. The van der Waals surface area contributed by atoms with Crippen LogP contribution in [0.25, 0.3) is 0 Å². The second kappa shape index (κ2) is 6.88. The number of aliphatic hydroxyl groups excluding tert-OH is 1. The number of nitrogens with zero attached hydrogens (tertiary/aromatic N) is 1. The Kier molecular flexibility index (Phi) is 5.78. The molecule has 108 valence electrons. The van der Waals surface area contributed by atoms with Crippen LogP contribution in [0.5, 0.6) is 0 Å². The van der Waals surface area contributed by atoms with Crippen molar-refractivity contribution in [3.8, 4) is 0 Å². The number of hydrogen-bond donors (Lipinski definition) is 2. The molecule has 0 aliphatic heterocycles. The van der Waals surface area contributed by atoms with Crippen molar-refractivity contribution >= 4 is 15.7 Å². The summed E-state index contributed by atoms with van der Waals surface area (Å²) in [5.74, 6) is 0. The van der Waals surface area contributed by atoms with Gasteiger partial charge >= 0.3 is 0 Å². The normalized spacial score (nSPS) is 13.5. The quantitative estimate of drug-likeness (QED) is 0.797. The molecule has 0 heterocycles. The summed E-state index contributed by atoms with van der Waals surface area (Å²) in [4.78, 5) is 0.234. The molecule has 0 aromatic heterocycles. The van der Waals surface area contributed by atoms with Gasteiger partial charge in [0.1, 0.15) is 0 Å². The van der Waals surface area contributed by atoms with Gasteiger partial charge in [0.05, 0.1) is 11.0 Å². The summed E-state index contributed by atoms with van der Waals surface area (Å²) in [7, 11) is -2.06. The van der Waals surface area contributed by atoms with Gasteiger partial charge in [0, 0.05) is 25.8 Å². The van der Waals surface area contributed by atoms with E-state index in [1.165, 1.54) is 7.05 Å². The minimum Gasteiger partial charge on any atom is -0.392 e. The maximum absolute atomic E-state index is 12.2. The van der Waals surface area contributed by atoms with E-state index >= 15 is 0 Å². The lowest BCUT2D eigenvalue weighted by atomic mass is 10.3. The van der Waals surface area contributed by atoms with Crippen molar-refractivity contribution in [2.24, 2.45) is 0 Å². The zero-order valence-corrected chi connectivity index (χ0v) is 12.4. The Morgan fingerprint density at radius 3 is 2.37 bits per heavy atom. The molecule has 6 heteroatoms. The van der Waals surface area contributed by atoms with Crippen molar-refractivity contribution in [1.82, 2.24) is 4.31 Å². The number of nitrogens with one attached hydrogen (secondary N) is 1. The number of anilines is 1. The minimum absolute atomic E-state index is 0.0815. The largest absolute Gasteiger partial charge is 0.392 e. The summed E-state index contributed by atoms with van der Waals surface area (Å²) < 4.78 is 25.5. The van der Waals surface area contributed by atoms with Gasteiger partial charge in [-0.15, -0.1) is 0 Å². The fourth-order valence-corrected chi connectivity index (χ4v) is 2.92. The topological polar surface area (TPSA) is 69.6 Å². The molecule has 0 amide bonds. The summed E-state index contributed by atoms with van der Waals surface area (Å²) in [5.41, 5.74) is 0.902. The SMILES string of the molecule is CCCNc1ccc(S(=O)(=O)N(C)CC(C)O)cc1. The molecule has 1 aromatic carbocycles. The predicted molar refractivity (Wildman–Crippen MR) is 76.7 cm³/mol. The minimum atomic E-state index is -3.53. The van der Waals surface area contributed by atoms with Crippen LogP contribution in [0.15, 0.2) is 29.2 Å². The van der Waals surface area contributed by atoms with Gasteiger partial charge in [-0.2, -0.15) is 4.31 Å². The van der Waals surface area contributed by atoms with E-state index in [0.717, 1.165) is 23.0 Å². The molecule has 2 N–H and O–H groups in total. The van der Waals surface area contributed by atoms with E-state index in [4.69, 9.17) is 0 Å². The Morgan fingerprint density at radius 2 is 1.89 bits per heavy atom. The molecule has 0 spiro atoms. The first-order valence-corrected chi connectivity index (χ1v) is 7.80. The Bertz CT molecular complexity index is 483. The lowest BCUT2D eigenvalue weighted by molar-refractivity contribution is 0.171. The van der Waals surface area contributed by atoms with E-state index in [2.05, 4.69) is 12.2 Å². The van der Waals surface area contributed by atoms with Crippen LogP contribution in [0, 0.1) is 0 Å². The molecule has 0 aliphatic carbocycles. The van der Waals surface area contributed by atoms with Crippen LogP contribution in [0.3, 0.4) is 0 Å². The lowest BCUT2D eigenvalue weighted by Gasteiger charge is -2.18. The molecule has 0 aliphatic rings. The number of rotatable bonds is 7. The standard InChI is InChI=1S/C13H22N2O3S/c1-4-9-14-12-5-7-13(8-6-12)19(17,18)15(3)10-11(2)16/h5-8,11,14,16H,4,9-10H2,1-3H3. The zero-order valence-electron chi connectivity index (χ0n) is 11.6. The predicted octanol–water partition coefficient (Wildman–Crippen LogP) is 1.51. The average molecular weight is 286 g/mol. The molecule has 1 aromatic rings. The molecule has 0 saturated carbocycles. The highest BCUT2D eigenvalue weighted by molar-refractivity contribution is 7.89. The number of hydrogen-bond acceptors (Lipinski definition) is 4. The van der Waals surface area contributed by atoms with Crippen LogP contribution in [-0.2, 0) is 10.0 Å². The summed E-state index contributed by atoms with van der Waals surface area (Å²) in [6, 6.07) is 6.65. The number of likely N-dealkylation sites (N-methyl/N-ethyl adjacent to an activating group) is 1. The smallest absolute Gasteiger partial charge is 0.242 e. The third-order valence-corrected chi connectivity index (χ3v) is 4.50. The Balaban J connectivity index is 2.84. The highest BCUT2D eigenvalue weighted by atomic mass is 32.2. The second-order valence-electron chi connectivity index (χ2n) is 4.59. The average Bonchev–Trinajstić information content (AvgIpc) is 2.36. The molecule has 0 bridgehead atoms. The van der Waals surface area contributed by atoms with Crippen LogP contribution in [-0.4, -0.2) is 44.1 Å². The fourth-order valence-electron chi connectivity index (χ4n) is 1.66. The van der Waals surface area contributed by atoms with Gasteiger partial charge < -0.3 is 10.4 Å². The van der Waals surface area contributed by atoms with Crippen LogP contribution < -0.4 is 5.32 Å². The third kappa shape index (κ3) is 4.49. The Labute approximate surface area is 115 Å². The molecule has 1 atom stereocenters. The van der Waals surface area contributed by atoms with E-state index < -0.39 is 16.1 Å². The third-order valence-electron chi connectivity index (χ3n) is 2.66. The molecule has 0 fully saturated rings. The highest BCUT2D eigenvalue weighted by Crippen LogP contribution is 2.17. The second-order valence-corrected chi connectivity index (χ2v) is 6.63. The maximum Gasteiger partial charge on any atom is 0.242 e. The van der Waals surface area contributed by atoms with Crippen LogP contribution in [0.2, 0.25) is 0 Å². The van der Waals surface area contributed by atoms with E-state index in [-0.39, 0.29) is 11.4 Å². The van der Waals surface area contributed by atoms with Gasteiger partial charge in [0.2, 0.25) is 10.0 Å². The summed E-state index contributed by atoms with van der Waals surface area (Å²) in [6.45, 7) is 4.56. The fraction of sp³-hybridized carbons (Fsp3) is 0.538. The summed E-state index contributed by atoms with van der Waals surface area (Å²) >= 11 is 0. The van der Waals surface area contributed by atoms with Gasteiger partial charge in [-0.05, 0) is 37.6 Å². The molecular weight excluding hydrogens is 264 g/mol. The first kappa shape index (κ1) is 15.9. The van der Waals surface area contributed by atoms with E-state index in [0.29, 0.717) is 0 Å². The molecule has 0 saturated heterocycles. The van der Waals surface area contributed by atoms with Gasteiger partial charge in [0.15, 0.2) is 0 Å². The Morgan fingerprint density at radius 1 is 1.32 bits per heavy atom. The Hall–Kier alpha value is -1.11. The van der Waals surface area contributed by atoms with Crippen LogP contribution >= 0.6 is 0 Å². The molecule has 19 heavy (non-hydrogen) atoms. The van der Waals surface area contributed by atoms with Crippen LogP contribution in [0.1, 0.15) is 20.3 Å². The van der Waals surface area contributed by atoms with Gasteiger partial charge in [-0.1, -0.05) is 6.92 Å². The first-order valence-electron chi connectivity index (χ1n) is 6.36. The monoisotopic (exact) mass is 286 g/mol. The molecule has 5 nitrogen and oxygen atoms in total. The van der Waals surface area contributed by atoms with Crippen molar-refractivity contribution in [2.45, 2.75) is 31.3 Å². The van der Waals surface area contributed by atoms with Crippen LogP contribution in [0.4, 0.5) is 5.69 Å². The molecular formula is C13H22N2O3S. The van der Waals surface area contributed by atoms with Crippen molar-refractivity contribution < 1.29 is 13.5 Å². The van der Waals surface area contributed by atoms with Gasteiger partial charge in [-0.25, -0.2) is 8.42 Å². The van der Waals surface area contributed by atoms with E-state index in [1.807, 2.05) is 0 Å². The lowest BCUT2D eigenvalue weighted by Crippen LogP contribution is -2.33. The van der Waals surface area contributed by atoms with Crippen molar-refractivity contribution in [3.05, 3.63) is 24.3 Å². The molecule has 1 unspecified atom stereocenters. The van der Waals surface area contributed by atoms with Gasteiger partial charge in [0.25, 0.3) is 0 Å². The van der Waals surface area contributed by atoms with Gasteiger partial charge in [-0.3, -0.25) is 0 Å². The number of sulfonamides is 1. The van der Waals surface area contributed by atoms with E-state index in [9.17, 15) is 13.5 Å². The molecule has 1 rings (SSSR count). The maximum atomic E-state index is 12.2. The summed E-state index contributed by atoms with van der Waals surface area (Å²) in [5, 5.41) is 12.4. The summed E-state index contributed by atoms with van der Waals surface area (Å²) in [6.07, 6.45) is 0.322. The van der Waals surface area contributed by atoms with E-state index in [1.54, 1.807) is 31.2 Å². The number of aliphatic hydroxyl groups is 1. The highest BCUT2D eigenvalue weighted by Gasteiger charge is 2.21. The zero-order chi connectivity index (χ0) is 14.5. The van der Waals surface area contributed by atoms with Crippen molar-refractivity contribution in [1.29, 1.82) is 0 Å². The molecule has 0 radical (unpaired) electrons. The van der Waals surface area contributed by atoms with Crippen molar-refractivity contribution in [3.63, 3.8) is 0 Å². The number of benzene rings is 1. The van der Waals surface area contributed by atoms with Crippen molar-refractivity contribution in [2.75, 3.05) is 25.5 Å².